The molecule has 0 spiro atoms. The van der Waals surface area contributed by atoms with Crippen LogP contribution in [0.2, 0.25) is 0 Å². The van der Waals surface area contributed by atoms with Gasteiger partial charge in [0.2, 0.25) is 0 Å². The van der Waals surface area contributed by atoms with Crippen molar-refractivity contribution in [3.63, 3.8) is 0 Å². The molecule has 0 bridgehead atoms. The normalized spacial score (nSPS) is 13.2. The Hall–Kier alpha value is -1.88. The van der Waals surface area contributed by atoms with Gasteiger partial charge >= 0.3 is 11.9 Å². The van der Waals surface area contributed by atoms with Gasteiger partial charge in [-0.15, -0.1) is 0 Å². The van der Waals surface area contributed by atoms with Crippen LogP contribution in [0.4, 0.5) is 0 Å². The van der Waals surface area contributed by atoms with Crippen LogP contribution in [0.5, 0.6) is 0 Å². The van der Waals surface area contributed by atoms with Crippen LogP contribution in [0.3, 0.4) is 0 Å². The smallest absolute Gasteiger partial charge is 0.311 e. The number of aliphatic hydroxyl groups is 1. The summed E-state index contributed by atoms with van der Waals surface area (Å²) in [5.74, 6) is -1.72. The Morgan fingerprint density at radius 3 is 2.32 bits per heavy atom. The highest BCUT2D eigenvalue weighted by molar-refractivity contribution is 5.75. The van der Waals surface area contributed by atoms with Crippen molar-refractivity contribution in [3.05, 3.63) is 35.9 Å². The first kappa shape index (κ1) is 18.2. The fraction of sp³-hybridized carbons (Fsp3) is 0.529. The van der Waals surface area contributed by atoms with Gasteiger partial charge in [0.25, 0.3) is 0 Å². The molecule has 0 heterocycles. The van der Waals surface area contributed by atoms with Crippen molar-refractivity contribution < 1.29 is 24.2 Å². The van der Waals surface area contributed by atoms with Crippen molar-refractivity contribution in [2.45, 2.75) is 39.2 Å². The topological polar surface area (TPSA) is 72.8 Å². The van der Waals surface area contributed by atoms with E-state index in [2.05, 4.69) is 0 Å². The minimum Gasteiger partial charge on any atom is -0.466 e. The Kier molecular flexibility index (Phi) is 8.22. The van der Waals surface area contributed by atoms with E-state index in [4.69, 9.17) is 9.47 Å². The number of ether oxygens (including phenoxy) is 2. The Labute approximate surface area is 131 Å². The second-order valence-corrected chi connectivity index (χ2v) is 4.96. The van der Waals surface area contributed by atoms with Crippen LogP contribution in [0.1, 0.15) is 32.3 Å². The molecule has 0 unspecified atom stereocenters. The van der Waals surface area contributed by atoms with Crippen LogP contribution in [0, 0.1) is 5.92 Å². The van der Waals surface area contributed by atoms with E-state index in [0.717, 1.165) is 5.56 Å². The maximum atomic E-state index is 12.0. The van der Waals surface area contributed by atoms with E-state index in [1.807, 2.05) is 30.3 Å². The summed E-state index contributed by atoms with van der Waals surface area (Å²) in [4.78, 5) is 23.5. The van der Waals surface area contributed by atoms with Crippen molar-refractivity contribution in [1.29, 1.82) is 0 Å². The Bertz CT molecular complexity index is 457. The lowest BCUT2D eigenvalue weighted by Gasteiger charge is -2.20. The molecular formula is C17H24O5. The minimum atomic E-state index is -1.10. The van der Waals surface area contributed by atoms with Crippen LogP contribution in [0.25, 0.3) is 0 Å². The standard InChI is InChI=1S/C17H24O5/c1-3-21-16(19)12-15(18)14(17(20)22-4-2)11-10-13-8-6-5-7-9-13/h5-9,14-15,18H,3-4,10-12H2,1-2H3/t14-,15+/m1/s1. The number of carbonyl (C=O) groups is 2. The lowest BCUT2D eigenvalue weighted by molar-refractivity contribution is -0.155. The Morgan fingerprint density at radius 2 is 1.73 bits per heavy atom. The first-order chi connectivity index (χ1) is 10.6. The summed E-state index contributed by atoms with van der Waals surface area (Å²) >= 11 is 0. The molecule has 0 fully saturated rings. The van der Waals surface area contributed by atoms with Gasteiger partial charge in [-0.05, 0) is 32.3 Å². The van der Waals surface area contributed by atoms with Crippen LogP contribution < -0.4 is 0 Å². The minimum absolute atomic E-state index is 0.202. The van der Waals surface area contributed by atoms with Gasteiger partial charge in [0.15, 0.2) is 0 Å². The molecule has 1 N–H and O–H groups in total. The van der Waals surface area contributed by atoms with Gasteiger partial charge in [0.05, 0.1) is 31.7 Å². The van der Waals surface area contributed by atoms with Crippen molar-refractivity contribution in [2.24, 2.45) is 5.92 Å². The first-order valence-electron chi connectivity index (χ1n) is 7.62. The SMILES string of the molecule is CCOC(=O)C[C@H](O)[C@@H](CCc1ccccc1)C(=O)OCC. The Morgan fingerprint density at radius 1 is 1.09 bits per heavy atom. The second-order valence-electron chi connectivity index (χ2n) is 4.96. The highest BCUT2D eigenvalue weighted by Crippen LogP contribution is 2.18. The fourth-order valence-corrected chi connectivity index (χ4v) is 2.22. The molecule has 0 radical (unpaired) electrons. The summed E-state index contributed by atoms with van der Waals surface area (Å²) in [6, 6.07) is 9.68. The average Bonchev–Trinajstić information content (AvgIpc) is 2.49. The van der Waals surface area contributed by atoms with Gasteiger partial charge in [0, 0.05) is 0 Å². The number of carbonyl (C=O) groups excluding carboxylic acids is 2. The van der Waals surface area contributed by atoms with E-state index >= 15 is 0 Å². The number of rotatable bonds is 9. The second kappa shape index (κ2) is 9.95. The van der Waals surface area contributed by atoms with Crippen LogP contribution in [-0.2, 0) is 25.5 Å². The molecule has 1 aromatic rings. The molecule has 0 saturated heterocycles. The molecule has 0 aliphatic heterocycles. The first-order valence-corrected chi connectivity index (χ1v) is 7.62. The maximum Gasteiger partial charge on any atom is 0.311 e. The van der Waals surface area contributed by atoms with Gasteiger partial charge in [0.1, 0.15) is 0 Å². The molecule has 5 heteroatoms. The molecule has 5 nitrogen and oxygen atoms in total. The van der Waals surface area contributed by atoms with E-state index in [1.54, 1.807) is 13.8 Å². The van der Waals surface area contributed by atoms with Crippen molar-refractivity contribution >= 4 is 11.9 Å². The predicted molar refractivity (Wildman–Crippen MR) is 82.1 cm³/mol. The fourth-order valence-electron chi connectivity index (χ4n) is 2.22. The summed E-state index contributed by atoms with van der Waals surface area (Å²) in [7, 11) is 0. The van der Waals surface area contributed by atoms with E-state index in [1.165, 1.54) is 0 Å². The number of benzene rings is 1. The molecule has 0 aliphatic carbocycles. The zero-order chi connectivity index (χ0) is 16.4. The molecule has 1 rings (SSSR count). The molecule has 0 aliphatic rings. The highest BCUT2D eigenvalue weighted by Gasteiger charge is 2.30. The van der Waals surface area contributed by atoms with Crippen molar-refractivity contribution in [1.82, 2.24) is 0 Å². The zero-order valence-corrected chi connectivity index (χ0v) is 13.2. The molecule has 2 atom stereocenters. The molecule has 22 heavy (non-hydrogen) atoms. The number of hydrogen-bond donors (Lipinski definition) is 1. The summed E-state index contributed by atoms with van der Waals surface area (Å²) in [5.41, 5.74) is 1.07. The molecular weight excluding hydrogens is 284 g/mol. The van der Waals surface area contributed by atoms with E-state index in [-0.39, 0.29) is 19.6 Å². The number of aryl methyl sites for hydroxylation is 1. The van der Waals surface area contributed by atoms with Gasteiger partial charge in [-0.1, -0.05) is 30.3 Å². The van der Waals surface area contributed by atoms with Gasteiger partial charge < -0.3 is 14.6 Å². The predicted octanol–water partition coefficient (Wildman–Crippen LogP) is 2.11. The monoisotopic (exact) mass is 308 g/mol. The third kappa shape index (κ3) is 6.26. The van der Waals surface area contributed by atoms with Crippen LogP contribution >= 0.6 is 0 Å². The number of esters is 2. The summed E-state index contributed by atoms with van der Waals surface area (Å²) in [6.45, 7) is 3.90. The molecule has 0 amide bonds. The third-order valence-corrected chi connectivity index (χ3v) is 3.32. The van der Waals surface area contributed by atoms with Crippen LogP contribution in [0.15, 0.2) is 30.3 Å². The third-order valence-electron chi connectivity index (χ3n) is 3.32. The quantitative estimate of drug-likeness (QED) is 0.707. The zero-order valence-electron chi connectivity index (χ0n) is 13.2. The van der Waals surface area contributed by atoms with Gasteiger partial charge in [-0.3, -0.25) is 9.59 Å². The Balaban J connectivity index is 2.66. The van der Waals surface area contributed by atoms with Gasteiger partial charge in [-0.2, -0.15) is 0 Å². The highest BCUT2D eigenvalue weighted by atomic mass is 16.5. The average molecular weight is 308 g/mol. The summed E-state index contributed by atoms with van der Waals surface area (Å²) < 4.78 is 9.82. The van der Waals surface area contributed by atoms with Crippen molar-refractivity contribution in [3.8, 4) is 0 Å². The summed E-state index contributed by atoms with van der Waals surface area (Å²) in [6.07, 6.45) is -0.249. The lowest BCUT2D eigenvalue weighted by Crippen LogP contribution is -2.32. The summed E-state index contributed by atoms with van der Waals surface area (Å²) in [5, 5.41) is 10.2. The van der Waals surface area contributed by atoms with Crippen molar-refractivity contribution in [2.75, 3.05) is 13.2 Å². The largest absolute Gasteiger partial charge is 0.466 e. The van der Waals surface area contributed by atoms with Crippen LogP contribution in [-0.4, -0.2) is 36.4 Å². The molecule has 122 valence electrons. The van der Waals surface area contributed by atoms with Gasteiger partial charge in [-0.25, -0.2) is 0 Å². The lowest BCUT2D eigenvalue weighted by atomic mass is 9.92. The van der Waals surface area contributed by atoms with E-state index in [9.17, 15) is 14.7 Å². The number of aliphatic hydroxyl groups excluding tert-OH is 1. The maximum absolute atomic E-state index is 12.0. The van der Waals surface area contributed by atoms with E-state index < -0.39 is 24.0 Å². The number of hydrogen-bond acceptors (Lipinski definition) is 5. The molecule has 0 saturated carbocycles. The molecule has 1 aromatic carbocycles. The van der Waals surface area contributed by atoms with E-state index in [0.29, 0.717) is 12.8 Å². The molecule has 0 aromatic heterocycles.